The van der Waals surface area contributed by atoms with Gasteiger partial charge in [-0.1, -0.05) is 12.2 Å². The molecular formula is C18H23FN4O3S. The Morgan fingerprint density at radius 3 is 2.59 bits per heavy atom. The number of nitrogens with one attached hydrogen (secondary N) is 1. The summed E-state index contributed by atoms with van der Waals surface area (Å²) in [5, 5.41) is 2.97. The minimum Gasteiger partial charge on any atom is -0.442 e. The molecule has 27 heavy (non-hydrogen) atoms. The molecule has 3 rings (SSSR count). The Kier molecular flexibility index (Phi) is 5.79. The van der Waals surface area contributed by atoms with Gasteiger partial charge in [0, 0.05) is 33.1 Å². The number of cyclic esters (lactones) is 1. The second kappa shape index (κ2) is 8.08. The van der Waals surface area contributed by atoms with Gasteiger partial charge in [0.15, 0.2) is 0 Å². The molecule has 1 unspecified atom stereocenters. The summed E-state index contributed by atoms with van der Waals surface area (Å²) < 4.78 is 20.0. The number of halogens is 1. The molecule has 7 nitrogen and oxygen atoms in total. The first-order chi connectivity index (χ1) is 12.8. The summed E-state index contributed by atoms with van der Waals surface area (Å²) in [6, 6.07) is 4.75. The molecule has 1 aromatic rings. The van der Waals surface area contributed by atoms with E-state index in [1.165, 1.54) is 17.9 Å². The molecule has 0 aromatic heterocycles. The summed E-state index contributed by atoms with van der Waals surface area (Å²) in [5.74, 6) is -0.362. The zero-order chi connectivity index (χ0) is 19.6. The van der Waals surface area contributed by atoms with Crippen molar-refractivity contribution in [1.82, 2.24) is 10.2 Å². The number of anilines is 2. The largest absolute Gasteiger partial charge is 0.442 e. The molecule has 1 aromatic carbocycles. The Morgan fingerprint density at radius 1 is 1.30 bits per heavy atom. The second-order valence-corrected chi connectivity index (χ2v) is 7.29. The third-order valence-corrected chi connectivity index (χ3v) is 4.91. The van der Waals surface area contributed by atoms with Crippen LogP contribution in [0, 0.1) is 5.82 Å². The molecule has 0 spiro atoms. The zero-order valence-corrected chi connectivity index (χ0v) is 16.2. The van der Waals surface area contributed by atoms with Crippen molar-refractivity contribution in [1.29, 1.82) is 0 Å². The van der Waals surface area contributed by atoms with Crippen LogP contribution >= 0.6 is 12.2 Å². The second-order valence-electron chi connectivity index (χ2n) is 6.68. The molecule has 2 aliphatic heterocycles. The minimum atomic E-state index is -0.494. The van der Waals surface area contributed by atoms with Crippen molar-refractivity contribution in [3.8, 4) is 0 Å². The maximum Gasteiger partial charge on any atom is 0.414 e. The maximum atomic E-state index is 14.7. The third kappa shape index (κ3) is 4.47. The molecular weight excluding hydrogens is 371 g/mol. The summed E-state index contributed by atoms with van der Waals surface area (Å²) in [7, 11) is 0. The highest BCUT2D eigenvalue weighted by atomic mass is 32.1. The average Bonchev–Trinajstić information content (AvgIpc) is 3.01. The van der Waals surface area contributed by atoms with E-state index in [2.05, 4.69) is 5.32 Å². The van der Waals surface area contributed by atoms with E-state index >= 15 is 0 Å². The van der Waals surface area contributed by atoms with Gasteiger partial charge in [0.05, 0.1) is 29.5 Å². The summed E-state index contributed by atoms with van der Waals surface area (Å²) >= 11 is 4.96. The Labute approximate surface area is 163 Å². The Balaban J connectivity index is 1.66. The highest BCUT2D eigenvalue weighted by Crippen LogP contribution is 2.28. The molecule has 0 aliphatic carbocycles. The monoisotopic (exact) mass is 394 g/mol. The van der Waals surface area contributed by atoms with Crippen molar-refractivity contribution >= 4 is 40.6 Å². The number of carbonyl (C=O) groups is 2. The van der Waals surface area contributed by atoms with Gasteiger partial charge >= 0.3 is 6.09 Å². The number of nitrogens with zero attached hydrogens (tertiary/aromatic N) is 3. The summed E-state index contributed by atoms with van der Waals surface area (Å²) in [4.78, 5) is 29.2. The molecule has 2 fully saturated rings. The van der Waals surface area contributed by atoms with E-state index in [0.29, 0.717) is 55.6 Å². The van der Waals surface area contributed by atoms with Crippen molar-refractivity contribution in [2.75, 3.05) is 49.1 Å². The number of carbonyl (C=O) groups excluding carboxylic acids is 2. The van der Waals surface area contributed by atoms with Crippen LogP contribution in [0.4, 0.5) is 20.6 Å². The van der Waals surface area contributed by atoms with E-state index in [4.69, 9.17) is 17.0 Å². The number of thiocarbonyl (C=S) groups is 1. The normalized spacial score (nSPS) is 19.9. The smallest absolute Gasteiger partial charge is 0.414 e. The quantitative estimate of drug-likeness (QED) is 0.785. The molecule has 9 heteroatoms. The molecule has 0 radical (unpaired) electrons. The van der Waals surface area contributed by atoms with Gasteiger partial charge in [0.2, 0.25) is 5.91 Å². The SMILES string of the molecule is CC(=O)N1CCN(c2ccc(N3CC(CNC(C)=S)OC3=O)cc2F)CC1. The molecule has 2 amide bonds. The maximum absolute atomic E-state index is 14.7. The van der Waals surface area contributed by atoms with Crippen LogP contribution in [0.15, 0.2) is 18.2 Å². The molecule has 1 atom stereocenters. The highest BCUT2D eigenvalue weighted by Gasteiger charge is 2.33. The van der Waals surface area contributed by atoms with E-state index in [-0.39, 0.29) is 12.0 Å². The Bertz CT molecular complexity index is 752. The van der Waals surface area contributed by atoms with Gasteiger partial charge in [-0.2, -0.15) is 0 Å². The predicted molar refractivity (Wildman–Crippen MR) is 105 cm³/mol. The van der Waals surface area contributed by atoms with Crippen molar-refractivity contribution < 1.29 is 18.7 Å². The zero-order valence-electron chi connectivity index (χ0n) is 15.4. The summed E-state index contributed by atoms with van der Waals surface area (Å²) in [5.41, 5.74) is 0.939. The summed E-state index contributed by atoms with van der Waals surface area (Å²) in [6.07, 6.45) is -0.830. The minimum absolute atomic E-state index is 0.0332. The Hall–Kier alpha value is -2.42. The van der Waals surface area contributed by atoms with E-state index in [9.17, 15) is 14.0 Å². The van der Waals surface area contributed by atoms with Crippen molar-refractivity contribution in [3.05, 3.63) is 24.0 Å². The first kappa shape index (κ1) is 19.3. The fourth-order valence-corrected chi connectivity index (χ4v) is 3.36. The molecule has 1 N–H and O–H groups in total. The lowest BCUT2D eigenvalue weighted by Gasteiger charge is -2.35. The number of amides is 2. The molecule has 2 heterocycles. The molecule has 2 aliphatic rings. The van der Waals surface area contributed by atoms with E-state index in [0.717, 1.165) is 0 Å². The number of rotatable bonds is 4. The predicted octanol–water partition coefficient (Wildman–Crippen LogP) is 1.76. The van der Waals surface area contributed by atoms with Gasteiger partial charge in [-0.25, -0.2) is 9.18 Å². The topological polar surface area (TPSA) is 65.1 Å². The van der Waals surface area contributed by atoms with Gasteiger partial charge in [-0.15, -0.1) is 0 Å². The average molecular weight is 394 g/mol. The van der Waals surface area contributed by atoms with Crippen LogP contribution in [-0.2, 0) is 9.53 Å². The lowest BCUT2D eigenvalue weighted by Crippen LogP contribution is -2.48. The lowest BCUT2D eigenvalue weighted by molar-refractivity contribution is -0.129. The number of benzene rings is 1. The van der Waals surface area contributed by atoms with Gasteiger partial charge in [-0.3, -0.25) is 9.69 Å². The van der Waals surface area contributed by atoms with Crippen LogP contribution in [0.5, 0.6) is 0 Å². The van der Waals surface area contributed by atoms with Crippen LogP contribution in [0.2, 0.25) is 0 Å². The van der Waals surface area contributed by atoms with Crippen LogP contribution in [0.25, 0.3) is 0 Å². The van der Waals surface area contributed by atoms with E-state index in [1.807, 2.05) is 4.90 Å². The van der Waals surface area contributed by atoms with Crippen molar-refractivity contribution in [3.63, 3.8) is 0 Å². The molecule has 0 bridgehead atoms. The van der Waals surface area contributed by atoms with Crippen LogP contribution in [0.1, 0.15) is 13.8 Å². The van der Waals surface area contributed by atoms with E-state index in [1.54, 1.807) is 24.0 Å². The fourth-order valence-electron chi connectivity index (χ4n) is 3.28. The van der Waals surface area contributed by atoms with Gasteiger partial charge in [0.1, 0.15) is 11.9 Å². The van der Waals surface area contributed by atoms with Crippen LogP contribution in [-0.4, -0.2) is 67.3 Å². The van der Waals surface area contributed by atoms with Gasteiger partial charge in [-0.05, 0) is 25.1 Å². The molecule has 0 saturated carbocycles. The number of hydrogen-bond acceptors (Lipinski definition) is 5. The molecule has 146 valence electrons. The highest BCUT2D eigenvalue weighted by molar-refractivity contribution is 7.80. The van der Waals surface area contributed by atoms with Crippen molar-refractivity contribution in [2.24, 2.45) is 0 Å². The van der Waals surface area contributed by atoms with Gasteiger partial charge < -0.3 is 19.9 Å². The van der Waals surface area contributed by atoms with Gasteiger partial charge in [0.25, 0.3) is 0 Å². The van der Waals surface area contributed by atoms with Crippen LogP contribution in [0.3, 0.4) is 0 Å². The van der Waals surface area contributed by atoms with E-state index < -0.39 is 11.9 Å². The van der Waals surface area contributed by atoms with Crippen molar-refractivity contribution in [2.45, 2.75) is 20.0 Å². The number of ether oxygens (including phenoxy) is 1. The summed E-state index contributed by atoms with van der Waals surface area (Å²) in [6.45, 7) is 6.36. The lowest BCUT2D eigenvalue weighted by atomic mass is 10.2. The number of hydrogen-bond donors (Lipinski definition) is 1. The first-order valence-corrected chi connectivity index (χ1v) is 9.28. The third-order valence-electron chi connectivity index (χ3n) is 4.76. The fraction of sp³-hybridized carbons (Fsp3) is 0.500. The standard InChI is InChI=1S/C18H23FN4O3S/c1-12(27)20-10-15-11-23(18(25)26-15)14-3-4-17(16(19)9-14)22-7-5-21(6-8-22)13(2)24/h3-4,9,15H,5-8,10-11H2,1-2H3,(H,20,27). The number of piperazine rings is 1. The molecule has 2 saturated heterocycles. The Morgan fingerprint density at radius 2 is 2.00 bits per heavy atom. The van der Waals surface area contributed by atoms with Crippen LogP contribution < -0.4 is 15.1 Å². The first-order valence-electron chi connectivity index (χ1n) is 8.87.